The minimum Gasteiger partial charge on any atom is -0.354 e. The van der Waals surface area contributed by atoms with Crippen molar-refractivity contribution >= 4 is 16.8 Å². The van der Waals surface area contributed by atoms with E-state index in [9.17, 15) is 4.79 Å². The summed E-state index contributed by atoms with van der Waals surface area (Å²) in [5.74, 6) is 0.846. The second kappa shape index (κ2) is 4.48. The van der Waals surface area contributed by atoms with Crippen LogP contribution in [0.2, 0.25) is 0 Å². The van der Waals surface area contributed by atoms with Gasteiger partial charge in [0.1, 0.15) is 6.54 Å². The van der Waals surface area contributed by atoms with Crippen LogP contribution in [0.5, 0.6) is 0 Å². The summed E-state index contributed by atoms with van der Waals surface area (Å²) >= 11 is 0. The van der Waals surface area contributed by atoms with Crippen LogP contribution in [0, 0.1) is 12.8 Å². The quantitative estimate of drug-likeness (QED) is 0.878. The lowest BCUT2D eigenvalue weighted by Gasteiger charge is -2.07. The summed E-state index contributed by atoms with van der Waals surface area (Å²) in [6, 6.07) is 8.28. The zero-order valence-corrected chi connectivity index (χ0v) is 10.6. The van der Waals surface area contributed by atoms with Crippen LogP contribution in [0.1, 0.15) is 18.4 Å². The van der Waals surface area contributed by atoms with Crippen LogP contribution in [0.15, 0.2) is 30.5 Å². The number of nitrogens with zero attached hydrogens (tertiary/aromatic N) is 1. The van der Waals surface area contributed by atoms with E-state index < -0.39 is 0 Å². The van der Waals surface area contributed by atoms with Crippen molar-refractivity contribution in [3.63, 3.8) is 0 Å². The van der Waals surface area contributed by atoms with E-state index in [0.717, 1.165) is 18.0 Å². The molecule has 1 N–H and O–H groups in total. The molecule has 1 saturated carbocycles. The molecule has 3 nitrogen and oxygen atoms in total. The molecule has 0 spiro atoms. The van der Waals surface area contributed by atoms with Crippen molar-refractivity contribution in [2.45, 2.75) is 26.3 Å². The van der Waals surface area contributed by atoms with Crippen molar-refractivity contribution in [3.8, 4) is 0 Å². The van der Waals surface area contributed by atoms with Gasteiger partial charge in [-0.05, 0) is 43.4 Å². The fourth-order valence-electron chi connectivity index (χ4n) is 2.31. The first-order valence-corrected chi connectivity index (χ1v) is 6.55. The topological polar surface area (TPSA) is 34.0 Å². The Labute approximate surface area is 107 Å². The molecule has 1 amide bonds. The first-order valence-electron chi connectivity index (χ1n) is 6.55. The number of rotatable bonds is 4. The Bertz CT molecular complexity index is 581. The molecule has 2 aromatic rings. The van der Waals surface area contributed by atoms with Gasteiger partial charge in [-0.2, -0.15) is 0 Å². The third kappa shape index (κ3) is 2.26. The van der Waals surface area contributed by atoms with Gasteiger partial charge in [-0.15, -0.1) is 0 Å². The normalized spacial score (nSPS) is 14.9. The number of hydrogen-bond donors (Lipinski definition) is 1. The first-order chi connectivity index (χ1) is 8.74. The molecule has 0 unspecified atom stereocenters. The molecule has 1 fully saturated rings. The monoisotopic (exact) mass is 242 g/mol. The summed E-state index contributed by atoms with van der Waals surface area (Å²) in [5.41, 5.74) is 2.39. The molecule has 3 heteroatoms. The van der Waals surface area contributed by atoms with E-state index in [-0.39, 0.29) is 5.91 Å². The van der Waals surface area contributed by atoms with Crippen LogP contribution in [-0.2, 0) is 11.3 Å². The number of fused-ring (bicyclic) bond motifs is 1. The fraction of sp³-hybridized carbons (Fsp3) is 0.400. The van der Waals surface area contributed by atoms with E-state index in [2.05, 4.69) is 30.4 Å². The Morgan fingerprint density at radius 2 is 2.22 bits per heavy atom. The average Bonchev–Trinajstić information content (AvgIpc) is 3.10. The molecule has 1 aromatic carbocycles. The molecule has 94 valence electrons. The van der Waals surface area contributed by atoms with E-state index in [1.807, 2.05) is 16.8 Å². The molecule has 0 saturated heterocycles. The zero-order chi connectivity index (χ0) is 12.5. The minimum atomic E-state index is 0.112. The molecule has 0 radical (unpaired) electrons. The maximum atomic E-state index is 11.8. The fourth-order valence-corrected chi connectivity index (χ4v) is 2.31. The van der Waals surface area contributed by atoms with Gasteiger partial charge in [-0.1, -0.05) is 12.1 Å². The van der Waals surface area contributed by atoms with E-state index in [1.54, 1.807) is 0 Å². The van der Waals surface area contributed by atoms with Crippen molar-refractivity contribution in [3.05, 3.63) is 36.0 Å². The summed E-state index contributed by atoms with van der Waals surface area (Å²) in [7, 11) is 0. The van der Waals surface area contributed by atoms with E-state index in [1.165, 1.54) is 23.8 Å². The Balaban J connectivity index is 1.73. The number of carbonyl (C=O) groups excluding carboxylic acids is 1. The highest BCUT2D eigenvalue weighted by atomic mass is 16.1. The highest BCUT2D eigenvalue weighted by Crippen LogP contribution is 2.27. The second-order valence-electron chi connectivity index (χ2n) is 5.20. The maximum absolute atomic E-state index is 11.8. The molecule has 0 bridgehead atoms. The number of carbonyl (C=O) groups is 1. The Hall–Kier alpha value is -1.77. The summed E-state index contributed by atoms with van der Waals surface area (Å²) < 4.78 is 2.02. The molecule has 3 rings (SSSR count). The molecule has 0 atom stereocenters. The molecule has 1 aromatic heterocycles. The maximum Gasteiger partial charge on any atom is 0.239 e. The van der Waals surface area contributed by atoms with Gasteiger partial charge >= 0.3 is 0 Å². The summed E-state index contributed by atoms with van der Waals surface area (Å²) in [5, 5.41) is 4.23. The molecule has 18 heavy (non-hydrogen) atoms. The van der Waals surface area contributed by atoms with E-state index >= 15 is 0 Å². The average molecular weight is 242 g/mol. The van der Waals surface area contributed by atoms with Gasteiger partial charge in [-0.25, -0.2) is 0 Å². The lowest BCUT2D eigenvalue weighted by Crippen LogP contribution is -2.29. The van der Waals surface area contributed by atoms with Gasteiger partial charge in [-0.3, -0.25) is 4.79 Å². The van der Waals surface area contributed by atoms with Crippen LogP contribution in [-0.4, -0.2) is 17.0 Å². The van der Waals surface area contributed by atoms with E-state index in [4.69, 9.17) is 0 Å². The van der Waals surface area contributed by atoms with E-state index in [0.29, 0.717) is 6.54 Å². The van der Waals surface area contributed by atoms with Gasteiger partial charge in [0.15, 0.2) is 0 Å². The van der Waals surface area contributed by atoms with Crippen molar-refractivity contribution < 1.29 is 4.79 Å². The SMILES string of the molecule is Cc1cccc2c1ccn2CC(=O)NCC1CC1. The van der Waals surface area contributed by atoms with Crippen molar-refractivity contribution in [1.82, 2.24) is 9.88 Å². The summed E-state index contributed by atoms with van der Waals surface area (Å²) in [6.45, 7) is 3.36. The van der Waals surface area contributed by atoms with Gasteiger partial charge in [0.25, 0.3) is 0 Å². The van der Waals surface area contributed by atoms with Gasteiger partial charge < -0.3 is 9.88 Å². The van der Waals surface area contributed by atoms with Crippen LogP contribution in [0.3, 0.4) is 0 Å². The van der Waals surface area contributed by atoms with Crippen LogP contribution >= 0.6 is 0 Å². The predicted molar refractivity (Wildman–Crippen MR) is 72.4 cm³/mol. The zero-order valence-electron chi connectivity index (χ0n) is 10.6. The molecule has 1 aliphatic rings. The number of amides is 1. The smallest absolute Gasteiger partial charge is 0.239 e. The molecule has 1 aliphatic carbocycles. The number of nitrogens with one attached hydrogen (secondary N) is 1. The predicted octanol–water partition coefficient (Wildman–Crippen LogP) is 2.48. The molecule has 1 heterocycles. The van der Waals surface area contributed by atoms with Crippen LogP contribution in [0.4, 0.5) is 0 Å². The lowest BCUT2D eigenvalue weighted by molar-refractivity contribution is -0.121. The molecule has 0 aliphatic heterocycles. The molecular weight excluding hydrogens is 224 g/mol. The van der Waals surface area contributed by atoms with Crippen LogP contribution < -0.4 is 5.32 Å². The Morgan fingerprint density at radius 3 is 3.00 bits per heavy atom. The van der Waals surface area contributed by atoms with Gasteiger partial charge in [0.05, 0.1) is 0 Å². The van der Waals surface area contributed by atoms with Crippen molar-refractivity contribution in [2.24, 2.45) is 5.92 Å². The lowest BCUT2D eigenvalue weighted by atomic mass is 10.1. The highest BCUT2D eigenvalue weighted by Gasteiger charge is 2.21. The molecular formula is C15H18N2O. The highest BCUT2D eigenvalue weighted by molar-refractivity contribution is 5.85. The standard InChI is InChI=1S/C15H18N2O/c1-11-3-2-4-14-13(11)7-8-17(14)10-15(18)16-9-12-5-6-12/h2-4,7-8,12H,5-6,9-10H2,1H3,(H,16,18). The summed E-state index contributed by atoms with van der Waals surface area (Å²) in [4.78, 5) is 11.8. The second-order valence-corrected chi connectivity index (χ2v) is 5.20. The largest absolute Gasteiger partial charge is 0.354 e. The Kier molecular flexibility index (Phi) is 2.82. The first kappa shape index (κ1) is 11.3. The minimum absolute atomic E-state index is 0.112. The third-order valence-corrected chi connectivity index (χ3v) is 3.63. The van der Waals surface area contributed by atoms with Gasteiger partial charge in [0, 0.05) is 23.6 Å². The van der Waals surface area contributed by atoms with Gasteiger partial charge in [0.2, 0.25) is 5.91 Å². The Morgan fingerprint density at radius 1 is 1.39 bits per heavy atom. The number of aryl methyl sites for hydroxylation is 1. The third-order valence-electron chi connectivity index (χ3n) is 3.63. The number of benzene rings is 1. The number of hydrogen-bond acceptors (Lipinski definition) is 1. The summed E-state index contributed by atoms with van der Waals surface area (Å²) in [6.07, 6.45) is 4.53. The van der Waals surface area contributed by atoms with Crippen molar-refractivity contribution in [1.29, 1.82) is 0 Å². The number of aromatic nitrogens is 1. The van der Waals surface area contributed by atoms with Crippen LogP contribution in [0.25, 0.3) is 10.9 Å². The van der Waals surface area contributed by atoms with Crippen molar-refractivity contribution in [2.75, 3.05) is 6.54 Å².